The normalized spacial score (nSPS) is 11.0. The smallest absolute Gasteiger partial charge is 0.422 e. The topological polar surface area (TPSA) is 87.3 Å². The van der Waals surface area contributed by atoms with Crippen molar-refractivity contribution in [2.24, 2.45) is 5.73 Å². The van der Waals surface area contributed by atoms with Crippen molar-refractivity contribution in [2.45, 2.75) is 12.8 Å². The first-order valence-electron chi connectivity index (χ1n) is 4.31. The molecule has 1 aromatic heterocycles. The van der Waals surface area contributed by atoms with Crippen LogP contribution < -0.4 is 10.5 Å². The summed E-state index contributed by atoms with van der Waals surface area (Å²) in [5.74, 6) is -0.273. The summed E-state index contributed by atoms with van der Waals surface area (Å²) >= 11 is 0. The molecule has 6 nitrogen and oxygen atoms in total. The molecule has 1 rings (SSSR count). The largest absolute Gasteiger partial charge is 0.467 e. The van der Waals surface area contributed by atoms with Gasteiger partial charge in [0.15, 0.2) is 6.61 Å². The molecular weight excluding hydrogens is 243 g/mol. The van der Waals surface area contributed by atoms with Gasteiger partial charge in [-0.2, -0.15) is 13.2 Å². The van der Waals surface area contributed by atoms with Crippen LogP contribution in [0.4, 0.5) is 18.0 Å². The van der Waals surface area contributed by atoms with Gasteiger partial charge in [0.25, 0.3) is 0 Å². The number of amides is 1. The van der Waals surface area contributed by atoms with Crippen molar-refractivity contribution < 1.29 is 27.4 Å². The third-order valence-corrected chi connectivity index (χ3v) is 1.44. The van der Waals surface area contributed by atoms with Gasteiger partial charge in [0.05, 0.1) is 0 Å². The molecular formula is C8H8F3N3O3. The number of carbonyl (C=O) groups excluding carboxylic acids is 1. The Morgan fingerprint density at radius 1 is 1.35 bits per heavy atom. The van der Waals surface area contributed by atoms with Gasteiger partial charge in [-0.3, -0.25) is 0 Å². The third-order valence-electron chi connectivity index (χ3n) is 1.44. The third kappa shape index (κ3) is 5.54. The minimum absolute atomic E-state index is 0.206. The molecule has 0 fully saturated rings. The molecule has 94 valence electrons. The number of aromatic nitrogens is 2. The minimum Gasteiger partial charge on any atom is -0.467 e. The maximum absolute atomic E-state index is 11.8. The van der Waals surface area contributed by atoms with Gasteiger partial charge in [-0.05, 0) is 6.07 Å². The van der Waals surface area contributed by atoms with Gasteiger partial charge in [0.2, 0.25) is 5.88 Å². The molecule has 0 atom stereocenters. The molecule has 0 saturated carbocycles. The zero-order valence-corrected chi connectivity index (χ0v) is 8.40. The van der Waals surface area contributed by atoms with E-state index in [1.807, 2.05) is 0 Å². The lowest BCUT2D eigenvalue weighted by Gasteiger charge is -2.07. The van der Waals surface area contributed by atoms with Crippen LogP contribution in [0.3, 0.4) is 0 Å². The number of carbonyl (C=O) groups is 1. The van der Waals surface area contributed by atoms with Crippen LogP contribution in [0.2, 0.25) is 0 Å². The van der Waals surface area contributed by atoms with E-state index in [1.54, 1.807) is 0 Å². The Kier molecular flexibility index (Phi) is 4.07. The molecule has 1 aromatic rings. The molecule has 0 spiro atoms. The summed E-state index contributed by atoms with van der Waals surface area (Å²) in [7, 11) is 0. The van der Waals surface area contributed by atoms with Crippen molar-refractivity contribution in [3.05, 3.63) is 17.8 Å². The zero-order chi connectivity index (χ0) is 12.9. The average molecular weight is 251 g/mol. The van der Waals surface area contributed by atoms with Gasteiger partial charge in [0.1, 0.15) is 12.3 Å². The van der Waals surface area contributed by atoms with E-state index < -0.39 is 18.9 Å². The van der Waals surface area contributed by atoms with Gasteiger partial charge in [-0.25, -0.2) is 4.79 Å². The number of hydrogen-bond donors (Lipinski definition) is 1. The summed E-state index contributed by atoms with van der Waals surface area (Å²) in [6.07, 6.45) is -5.42. The minimum atomic E-state index is -4.44. The van der Waals surface area contributed by atoms with Crippen molar-refractivity contribution in [1.82, 2.24) is 10.2 Å². The van der Waals surface area contributed by atoms with E-state index in [0.29, 0.717) is 0 Å². The van der Waals surface area contributed by atoms with Gasteiger partial charge < -0.3 is 15.2 Å². The number of halogens is 3. The molecule has 0 aliphatic rings. The molecule has 0 aromatic carbocycles. The van der Waals surface area contributed by atoms with Crippen LogP contribution in [0.15, 0.2) is 12.1 Å². The second kappa shape index (κ2) is 5.32. The fourth-order valence-corrected chi connectivity index (χ4v) is 0.802. The predicted molar refractivity (Wildman–Crippen MR) is 48.0 cm³/mol. The fraction of sp³-hybridized carbons (Fsp3) is 0.375. The van der Waals surface area contributed by atoms with Crippen molar-refractivity contribution >= 4 is 6.09 Å². The fourth-order valence-electron chi connectivity index (χ4n) is 0.802. The van der Waals surface area contributed by atoms with Crippen molar-refractivity contribution in [3.8, 4) is 5.88 Å². The summed E-state index contributed by atoms with van der Waals surface area (Å²) in [5, 5.41) is 6.83. The Hall–Kier alpha value is -2.06. The lowest BCUT2D eigenvalue weighted by molar-refractivity contribution is -0.154. The van der Waals surface area contributed by atoms with E-state index >= 15 is 0 Å². The lowest BCUT2D eigenvalue weighted by Crippen LogP contribution is -2.20. The lowest BCUT2D eigenvalue weighted by atomic mass is 10.4. The zero-order valence-electron chi connectivity index (χ0n) is 8.40. The van der Waals surface area contributed by atoms with E-state index in [1.165, 1.54) is 12.1 Å². The quantitative estimate of drug-likeness (QED) is 0.862. The Labute approximate surface area is 93.5 Å². The van der Waals surface area contributed by atoms with Gasteiger partial charge in [-0.15, -0.1) is 10.2 Å². The maximum Gasteiger partial charge on any atom is 0.422 e. The monoisotopic (exact) mass is 251 g/mol. The first kappa shape index (κ1) is 13.0. The highest BCUT2D eigenvalue weighted by Crippen LogP contribution is 2.16. The highest BCUT2D eigenvalue weighted by Gasteiger charge is 2.28. The number of nitrogens with zero attached hydrogens (tertiary/aromatic N) is 2. The maximum atomic E-state index is 11.8. The standard InChI is InChI=1S/C8H8F3N3O3/c9-8(10,11)4-17-6-2-1-5(13-14-6)3-16-7(12)15/h1-2H,3-4H2,(H2,12,15). The van der Waals surface area contributed by atoms with E-state index in [-0.39, 0.29) is 18.2 Å². The molecule has 17 heavy (non-hydrogen) atoms. The molecule has 1 amide bonds. The van der Waals surface area contributed by atoms with Crippen LogP contribution in [0.5, 0.6) is 5.88 Å². The Bertz CT molecular complexity index is 380. The highest BCUT2D eigenvalue weighted by molar-refractivity contribution is 5.64. The number of ether oxygens (including phenoxy) is 2. The summed E-state index contributed by atoms with van der Waals surface area (Å²) in [4.78, 5) is 10.3. The van der Waals surface area contributed by atoms with Crippen LogP contribution in [0.25, 0.3) is 0 Å². The van der Waals surface area contributed by atoms with Crippen molar-refractivity contribution in [3.63, 3.8) is 0 Å². The SMILES string of the molecule is NC(=O)OCc1ccc(OCC(F)(F)F)nn1. The molecule has 0 aliphatic carbocycles. The number of primary amides is 1. The molecule has 2 N–H and O–H groups in total. The summed E-state index contributed by atoms with van der Waals surface area (Å²) < 4.78 is 44.1. The van der Waals surface area contributed by atoms with Crippen LogP contribution >= 0.6 is 0 Å². The molecule has 0 unspecified atom stereocenters. The number of rotatable bonds is 4. The van der Waals surface area contributed by atoms with E-state index in [2.05, 4.69) is 19.7 Å². The van der Waals surface area contributed by atoms with Gasteiger partial charge in [-0.1, -0.05) is 0 Å². The predicted octanol–water partition coefficient (Wildman–Crippen LogP) is 1.01. The highest BCUT2D eigenvalue weighted by atomic mass is 19.4. The Morgan fingerprint density at radius 3 is 2.53 bits per heavy atom. The summed E-state index contributed by atoms with van der Waals surface area (Å²) in [6.45, 7) is -1.65. The second-order valence-corrected chi connectivity index (χ2v) is 2.87. The molecule has 0 saturated heterocycles. The van der Waals surface area contributed by atoms with E-state index in [4.69, 9.17) is 5.73 Å². The first-order valence-corrected chi connectivity index (χ1v) is 4.31. The van der Waals surface area contributed by atoms with Crippen molar-refractivity contribution in [2.75, 3.05) is 6.61 Å². The Morgan fingerprint density at radius 2 is 2.06 bits per heavy atom. The van der Waals surface area contributed by atoms with Gasteiger partial charge >= 0.3 is 12.3 Å². The van der Waals surface area contributed by atoms with Crippen LogP contribution in [0.1, 0.15) is 5.69 Å². The molecule has 0 radical (unpaired) electrons. The summed E-state index contributed by atoms with van der Waals surface area (Å²) in [5.41, 5.74) is 4.95. The number of hydrogen-bond acceptors (Lipinski definition) is 5. The number of alkyl halides is 3. The molecule has 1 heterocycles. The van der Waals surface area contributed by atoms with Crippen LogP contribution in [-0.4, -0.2) is 29.1 Å². The molecule has 0 aliphatic heterocycles. The van der Waals surface area contributed by atoms with E-state index in [9.17, 15) is 18.0 Å². The second-order valence-electron chi connectivity index (χ2n) is 2.87. The van der Waals surface area contributed by atoms with E-state index in [0.717, 1.165) is 0 Å². The molecule has 0 bridgehead atoms. The average Bonchev–Trinajstić information content (AvgIpc) is 2.24. The first-order chi connectivity index (χ1) is 7.87. The Balaban J connectivity index is 2.47. The summed E-state index contributed by atoms with van der Waals surface area (Å²) in [6, 6.07) is 2.49. The number of nitrogens with two attached hydrogens (primary N) is 1. The van der Waals surface area contributed by atoms with Crippen molar-refractivity contribution in [1.29, 1.82) is 0 Å². The van der Waals surface area contributed by atoms with Crippen LogP contribution in [0, 0.1) is 0 Å². The van der Waals surface area contributed by atoms with Crippen LogP contribution in [-0.2, 0) is 11.3 Å². The molecule has 9 heteroatoms. The van der Waals surface area contributed by atoms with Gasteiger partial charge in [0, 0.05) is 6.07 Å².